The highest BCUT2D eigenvalue weighted by molar-refractivity contribution is 7.92. The first kappa shape index (κ1) is 14.3. The molecular formula is C12H21N3O3S. The molecule has 1 aromatic rings. The van der Waals surface area contributed by atoms with Crippen LogP contribution < -0.4 is 4.72 Å². The second-order valence-electron chi connectivity index (χ2n) is 4.93. The highest BCUT2D eigenvalue weighted by Crippen LogP contribution is 2.17. The maximum absolute atomic E-state index is 11.6. The van der Waals surface area contributed by atoms with E-state index in [0.29, 0.717) is 18.0 Å². The molecule has 1 aliphatic heterocycles. The number of nitrogens with one attached hydrogen (secondary N) is 1. The number of sulfonamides is 1. The van der Waals surface area contributed by atoms with Gasteiger partial charge in [0.25, 0.3) is 0 Å². The zero-order chi connectivity index (χ0) is 13.7. The average molecular weight is 287 g/mol. The molecule has 19 heavy (non-hydrogen) atoms. The molecule has 1 saturated heterocycles. The van der Waals surface area contributed by atoms with E-state index < -0.39 is 10.0 Å². The minimum atomic E-state index is -3.23. The fourth-order valence-electron chi connectivity index (χ4n) is 2.21. The number of ether oxygens (including phenoxy) is 1. The Hall–Kier alpha value is -1.08. The lowest BCUT2D eigenvalue weighted by Gasteiger charge is -2.21. The normalized spacial score (nSPS) is 17.5. The Morgan fingerprint density at radius 2 is 2.21 bits per heavy atom. The molecule has 7 heteroatoms. The summed E-state index contributed by atoms with van der Waals surface area (Å²) in [7, 11) is -3.23. The Morgan fingerprint density at radius 1 is 1.47 bits per heavy atom. The molecule has 0 aliphatic carbocycles. The predicted molar refractivity (Wildman–Crippen MR) is 73.5 cm³/mol. The van der Waals surface area contributed by atoms with Crippen molar-refractivity contribution in [2.75, 3.05) is 23.7 Å². The Kier molecular flexibility index (Phi) is 4.81. The van der Waals surface area contributed by atoms with Crippen molar-refractivity contribution in [3.8, 4) is 0 Å². The molecule has 108 valence electrons. The van der Waals surface area contributed by atoms with Crippen molar-refractivity contribution >= 4 is 15.7 Å². The number of aromatic nitrogens is 2. The van der Waals surface area contributed by atoms with Crippen LogP contribution in [-0.2, 0) is 21.3 Å². The van der Waals surface area contributed by atoms with Gasteiger partial charge in [-0.25, -0.2) is 8.42 Å². The van der Waals surface area contributed by atoms with E-state index in [4.69, 9.17) is 4.74 Å². The van der Waals surface area contributed by atoms with Crippen molar-refractivity contribution in [1.82, 2.24) is 9.78 Å². The number of rotatable bonds is 6. The Bertz CT molecular complexity index is 492. The lowest BCUT2D eigenvalue weighted by atomic mass is 10.0. The zero-order valence-electron chi connectivity index (χ0n) is 11.2. The summed E-state index contributed by atoms with van der Waals surface area (Å²) in [5.41, 5.74) is 0.542. The third-order valence-electron chi connectivity index (χ3n) is 3.17. The van der Waals surface area contributed by atoms with Crippen LogP contribution in [0.2, 0.25) is 0 Å². The third-order valence-corrected chi connectivity index (χ3v) is 4.66. The Labute approximate surface area is 114 Å². The first-order chi connectivity index (χ1) is 9.09. The van der Waals surface area contributed by atoms with Crippen LogP contribution in [-0.4, -0.2) is 37.2 Å². The molecule has 0 saturated carbocycles. The maximum atomic E-state index is 11.6. The quantitative estimate of drug-likeness (QED) is 0.859. The molecule has 0 bridgehead atoms. The van der Waals surface area contributed by atoms with E-state index in [1.54, 1.807) is 17.1 Å². The molecule has 0 radical (unpaired) electrons. The second kappa shape index (κ2) is 6.38. The predicted octanol–water partition coefficient (Wildman–Crippen LogP) is 1.46. The van der Waals surface area contributed by atoms with E-state index in [2.05, 4.69) is 9.82 Å². The Balaban J connectivity index is 1.91. The van der Waals surface area contributed by atoms with Crippen LogP contribution in [0.3, 0.4) is 0 Å². The first-order valence-electron chi connectivity index (χ1n) is 6.70. The van der Waals surface area contributed by atoms with E-state index in [0.717, 1.165) is 32.6 Å². The monoisotopic (exact) mass is 287 g/mol. The summed E-state index contributed by atoms with van der Waals surface area (Å²) in [6, 6.07) is 0. The minimum Gasteiger partial charge on any atom is -0.381 e. The lowest BCUT2D eigenvalue weighted by molar-refractivity contribution is 0.0601. The molecule has 2 rings (SSSR count). The highest BCUT2D eigenvalue weighted by atomic mass is 32.2. The smallest absolute Gasteiger partial charge is 0.232 e. The van der Waals surface area contributed by atoms with Gasteiger partial charge in [0, 0.05) is 26.0 Å². The van der Waals surface area contributed by atoms with E-state index in [-0.39, 0.29) is 5.75 Å². The summed E-state index contributed by atoms with van der Waals surface area (Å²) in [6.07, 6.45) is 5.99. The summed E-state index contributed by atoms with van der Waals surface area (Å²) in [4.78, 5) is 0. The van der Waals surface area contributed by atoms with Crippen LogP contribution in [0.4, 0.5) is 5.69 Å². The Morgan fingerprint density at radius 3 is 2.89 bits per heavy atom. The van der Waals surface area contributed by atoms with E-state index in [9.17, 15) is 8.42 Å². The number of hydrogen-bond donors (Lipinski definition) is 1. The minimum absolute atomic E-state index is 0.137. The molecular weight excluding hydrogens is 266 g/mol. The van der Waals surface area contributed by atoms with E-state index in [1.165, 1.54) is 0 Å². The third kappa shape index (κ3) is 4.50. The van der Waals surface area contributed by atoms with Crippen LogP contribution in [0.1, 0.15) is 26.2 Å². The van der Waals surface area contributed by atoms with Gasteiger partial charge in [-0.1, -0.05) is 6.92 Å². The molecule has 0 atom stereocenters. The summed E-state index contributed by atoms with van der Waals surface area (Å²) < 4.78 is 32.9. The van der Waals surface area contributed by atoms with Crippen molar-refractivity contribution in [2.24, 2.45) is 5.92 Å². The second-order valence-corrected chi connectivity index (χ2v) is 6.77. The van der Waals surface area contributed by atoms with E-state index >= 15 is 0 Å². The first-order valence-corrected chi connectivity index (χ1v) is 8.35. The van der Waals surface area contributed by atoms with Crippen LogP contribution >= 0.6 is 0 Å². The fourth-order valence-corrected chi connectivity index (χ4v) is 3.31. The van der Waals surface area contributed by atoms with Crippen molar-refractivity contribution in [2.45, 2.75) is 32.7 Å². The molecule has 1 aliphatic rings. The van der Waals surface area contributed by atoms with Crippen LogP contribution in [0.15, 0.2) is 12.4 Å². The van der Waals surface area contributed by atoms with Crippen molar-refractivity contribution in [3.05, 3.63) is 12.4 Å². The number of nitrogens with zero attached hydrogens (tertiary/aromatic N) is 2. The van der Waals surface area contributed by atoms with Crippen LogP contribution in [0.25, 0.3) is 0 Å². The molecule has 0 amide bonds. The molecule has 1 fully saturated rings. The highest BCUT2D eigenvalue weighted by Gasteiger charge is 2.15. The van der Waals surface area contributed by atoms with Gasteiger partial charge in [0.1, 0.15) is 0 Å². The zero-order valence-corrected chi connectivity index (χ0v) is 12.0. The molecule has 1 N–H and O–H groups in total. The largest absolute Gasteiger partial charge is 0.381 e. The standard InChI is InChI=1S/C12H21N3O3S/c1-2-7-19(16,17)14-12-8-13-15(10-12)9-11-3-5-18-6-4-11/h8,10-11,14H,2-7,9H2,1H3. The summed E-state index contributed by atoms with van der Waals surface area (Å²) in [5, 5.41) is 4.20. The topological polar surface area (TPSA) is 73.2 Å². The van der Waals surface area contributed by atoms with Gasteiger partial charge in [-0.15, -0.1) is 0 Å². The SMILES string of the molecule is CCCS(=O)(=O)Nc1cnn(CC2CCOCC2)c1. The van der Waals surface area contributed by atoms with Crippen LogP contribution in [0.5, 0.6) is 0 Å². The van der Waals surface area contributed by atoms with Crippen molar-refractivity contribution < 1.29 is 13.2 Å². The summed E-state index contributed by atoms with van der Waals surface area (Å²) in [5.74, 6) is 0.701. The van der Waals surface area contributed by atoms with Gasteiger partial charge < -0.3 is 4.74 Å². The van der Waals surface area contributed by atoms with Crippen LogP contribution in [0, 0.1) is 5.92 Å². The molecule has 0 unspecified atom stereocenters. The molecule has 0 spiro atoms. The fraction of sp³-hybridized carbons (Fsp3) is 0.750. The van der Waals surface area contributed by atoms with Gasteiger partial charge in [-0.05, 0) is 25.2 Å². The number of hydrogen-bond acceptors (Lipinski definition) is 4. The van der Waals surface area contributed by atoms with Gasteiger partial charge >= 0.3 is 0 Å². The summed E-state index contributed by atoms with van der Waals surface area (Å²) >= 11 is 0. The molecule has 0 aromatic carbocycles. The molecule has 1 aromatic heterocycles. The lowest BCUT2D eigenvalue weighted by Crippen LogP contribution is -2.20. The maximum Gasteiger partial charge on any atom is 0.232 e. The number of anilines is 1. The van der Waals surface area contributed by atoms with Gasteiger partial charge in [-0.2, -0.15) is 5.10 Å². The van der Waals surface area contributed by atoms with Gasteiger partial charge in [0.05, 0.1) is 17.6 Å². The van der Waals surface area contributed by atoms with Crippen molar-refractivity contribution in [3.63, 3.8) is 0 Å². The average Bonchev–Trinajstić information content (AvgIpc) is 2.76. The van der Waals surface area contributed by atoms with Gasteiger partial charge in [0.2, 0.25) is 10.0 Å². The summed E-state index contributed by atoms with van der Waals surface area (Å²) in [6.45, 7) is 4.27. The van der Waals surface area contributed by atoms with Crippen molar-refractivity contribution in [1.29, 1.82) is 0 Å². The van der Waals surface area contributed by atoms with Gasteiger partial charge in [-0.3, -0.25) is 9.40 Å². The van der Waals surface area contributed by atoms with E-state index in [1.807, 2.05) is 6.92 Å². The van der Waals surface area contributed by atoms with Gasteiger partial charge in [0.15, 0.2) is 0 Å². The molecule has 6 nitrogen and oxygen atoms in total. The molecule has 2 heterocycles.